The SMILES string of the molecule is CCNC(=O)C1CCCN1C(=O)C(c1ccccc1)N1CCOCC1. The molecule has 1 aromatic rings. The minimum atomic E-state index is -0.347. The van der Waals surface area contributed by atoms with E-state index in [1.807, 2.05) is 37.3 Å². The second-order valence-corrected chi connectivity index (χ2v) is 6.55. The van der Waals surface area contributed by atoms with Crippen LogP contribution >= 0.6 is 0 Å². The highest BCUT2D eigenvalue weighted by Gasteiger charge is 2.39. The number of amides is 2. The second-order valence-electron chi connectivity index (χ2n) is 6.55. The fourth-order valence-corrected chi connectivity index (χ4v) is 3.73. The Labute approximate surface area is 149 Å². The molecule has 0 aromatic heterocycles. The highest BCUT2D eigenvalue weighted by molar-refractivity contribution is 5.91. The molecule has 1 N–H and O–H groups in total. The van der Waals surface area contributed by atoms with Crippen molar-refractivity contribution in [3.05, 3.63) is 35.9 Å². The van der Waals surface area contributed by atoms with Crippen molar-refractivity contribution in [1.82, 2.24) is 15.1 Å². The standard InChI is InChI=1S/C19H27N3O3/c1-2-20-18(23)16-9-6-10-22(16)19(24)17(15-7-4-3-5-8-15)21-11-13-25-14-12-21/h3-5,7-8,16-17H,2,6,9-14H2,1H3,(H,20,23). The van der Waals surface area contributed by atoms with Crippen LogP contribution in [0.3, 0.4) is 0 Å². The third-order valence-corrected chi connectivity index (χ3v) is 4.95. The maximum Gasteiger partial charge on any atom is 0.245 e. The second kappa shape index (κ2) is 8.45. The van der Waals surface area contributed by atoms with Gasteiger partial charge in [0.2, 0.25) is 11.8 Å². The van der Waals surface area contributed by atoms with Gasteiger partial charge in [0, 0.05) is 26.2 Å². The number of benzene rings is 1. The molecular weight excluding hydrogens is 318 g/mol. The number of carbonyl (C=O) groups excluding carboxylic acids is 2. The average Bonchev–Trinajstić information content (AvgIpc) is 3.14. The largest absolute Gasteiger partial charge is 0.379 e. The molecule has 2 fully saturated rings. The fourth-order valence-electron chi connectivity index (χ4n) is 3.73. The molecule has 0 radical (unpaired) electrons. The zero-order valence-electron chi connectivity index (χ0n) is 14.8. The molecule has 2 unspecified atom stereocenters. The quantitative estimate of drug-likeness (QED) is 0.871. The topological polar surface area (TPSA) is 61.9 Å². The molecule has 6 nitrogen and oxygen atoms in total. The van der Waals surface area contributed by atoms with Gasteiger partial charge in [-0.25, -0.2) is 0 Å². The van der Waals surface area contributed by atoms with Crippen LogP contribution in [0.4, 0.5) is 0 Å². The summed E-state index contributed by atoms with van der Waals surface area (Å²) in [4.78, 5) is 29.7. The van der Waals surface area contributed by atoms with Crippen molar-refractivity contribution in [2.24, 2.45) is 0 Å². The van der Waals surface area contributed by atoms with Gasteiger partial charge in [0.25, 0.3) is 0 Å². The van der Waals surface area contributed by atoms with Crippen molar-refractivity contribution in [3.8, 4) is 0 Å². The van der Waals surface area contributed by atoms with E-state index in [-0.39, 0.29) is 23.9 Å². The summed E-state index contributed by atoms with van der Waals surface area (Å²) < 4.78 is 5.45. The first kappa shape index (κ1) is 17.9. The van der Waals surface area contributed by atoms with Crippen LogP contribution in [0.5, 0.6) is 0 Å². The van der Waals surface area contributed by atoms with E-state index in [0.717, 1.165) is 31.5 Å². The summed E-state index contributed by atoms with van der Waals surface area (Å²) >= 11 is 0. The molecule has 0 bridgehead atoms. The summed E-state index contributed by atoms with van der Waals surface area (Å²) in [6, 6.07) is 9.17. The van der Waals surface area contributed by atoms with Crippen LogP contribution in [-0.2, 0) is 14.3 Å². The third kappa shape index (κ3) is 4.02. The minimum Gasteiger partial charge on any atom is -0.379 e. The molecule has 136 valence electrons. The molecule has 25 heavy (non-hydrogen) atoms. The molecule has 3 rings (SSSR count). The van der Waals surface area contributed by atoms with Crippen molar-refractivity contribution < 1.29 is 14.3 Å². The van der Waals surface area contributed by atoms with Crippen LogP contribution in [0, 0.1) is 0 Å². The predicted molar refractivity (Wildman–Crippen MR) is 95.0 cm³/mol. The van der Waals surface area contributed by atoms with Gasteiger partial charge < -0.3 is 15.0 Å². The van der Waals surface area contributed by atoms with E-state index in [9.17, 15) is 9.59 Å². The molecule has 0 spiro atoms. The van der Waals surface area contributed by atoms with Gasteiger partial charge in [-0.15, -0.1) is 0 Å². The Morgan fingerprint density at radius 2 is 1.92 bits per heavy atom. The van der Waals surface area contributed by atoms with Crippen LogP contribution in [0.1, 0.15) is 31.4 Å². The van der Waals surface area contributed by atoms with Gasteiger partial charge in [-0.1, -0.05) is 30.3 Å². The first-order chi connectivity index (χ1) is 12.2. The molecule has 0 aliphatic carbocycles. The Balaban J connectivity index is 1.84. The van der Waals surface area contributed by atoms with Crippen molar-refractivity contribution in [1.29, 1.82) is 0 Å². The van der Waals surface area contributed by atoms with Crippen LogP contribution < -0.4 is 5.32 Å². The Morgan fingerprint density at radius 1 is 1.20 bits per heavy atom. The van der Waals surface area contributed by atoms with Gasteiger partial charge in [-0.05, 0) is 25.3 Å². The normalized spacial score (nSPS) is 22.6. The number of hydrogen-bond acceptors (Lipinski definition) is 4. The average molecular weight is 345 g/mol. The number of nitrogens with one attached hydrogen (secondary N) is 1. The van der Waals surface area contributed by atoms with Crippen molar-refractivity contribution in [3.63, 3.8) is 0 Å². The number of likely N-dealkylation sites (N-methyl/N-ethyl adjacent to an activating group) is 1. The van der Waals surface area contributed by atoms with Crippen molar-refractivity contribution >= 4 is 11.8 Å². The zero-order valence-corrected chi connectivity index (χ0v) is 14.8. The number of likely N-dealkylation sites (tertiary alicyclic amines) is 1. The predicted octanol–water partition coefficient (Wildman–Crippen LogP) is 1.19. The van der Waals surface area contributed by atoms with E-state index < -0.39 is 0 Å². The van der Waals surface area contributed by atoms with Crippen LogP contribution in [0.2, 0.25) is 0 Å². The molecule has 1 aromatic carbocycles. The Morgan fingerprint density at radius 3 is 2.60 bits per heavy atom. The summed E-state index contributed by atoms with van der Waals surface area (Å²) in [5, 5.41) is 2.86. The van der Waals surface area contributed by atoms with E-state index in [2.05, 4.69) is 10.2 Å². The molecule has 2 saturated heterocycles. The van der Waals surface area contributed by atoms with Crippen LogP contribution in [0.15, 0.2) is 30.3 Å². The lowest BCUT2D eigenvalue weighted by Gasteiger charge is -2.37. The molecule has 6 heteroatoms. The monoisotopic (exact) mass is 345 g/mol. The number of rotatable bonds is 5. The van der Waals surface area contributed by atoms with E-state index in [0.29, 0.717) is 26.3 Å². The molecule has 2 heterocycles. The van der Waals surface area contributed by atoms with E-state index >= 15 is 0 Å². The van der Waals surface area contributed by atoms with E-state index in [1.165, 1.54) is 0 Å². The van der Waals surface area contributed by atoms with Crippen molar-refractivity contribution in [2.75, 3.05) is 39.4 Å². The number of nitrogens with zero attached hydrogens (tertiary/aromatic N) is 2. The summed E-state index contributed by atoms with van der Waals surface area (Å²) in [5.41, 5.74) is 0.982. The summed E-state index contributed by atoms with van der Waals surface area (Å²) in [7, 11) is 0. The first-order valence-corrected chi connectivity index (χ1v) is 9.17. The number of ether oxygens (including phenoxy) is 1. The lowest BCUT2D eigenvalue weighted by atomic mass is 10.0. The summed E-state index contributed by atoms with van der Waals surface area (Å²) in [6.45, 7) is 5.86. The van der Waals surface area contributed by atoms with Gasteiger partial charge >= 0.3 is 0 Å². The van der Waals surface area contributed by atoms with Gasteiger partial charge in [-0.2, -0.15) is 0 Å². The fraction of sp³-hybridized carbons (Fsp3) is 0.579. The first-order valence-electron chi connectivity index (χ1n) is 9.17. The lowest BCUT2D eigenvalue weighted by Crippen LogP contribution is -2.51. The van der Waals surface area contributed by atoms with Gasteiger partial charge in [0.05, 0.1) is 13.2 Å². The number of carbonyl (C=O) groups is 2. The molecule has 2 atom stereocenters. The lowest BCUT2D eigenvalue weighted by molar-refractivity contribution is -0.144. The van der Waals surface area contributed by atoms with Gasteiger partial charge in [-0.3, -0.25) is 14.5 Å². The zero-order chi connectivity index (χ0) is 17.6. The highest BCUT2D eigenvalue weighted by Crippen LogP contribution is 2.28. The number of hydrogen-bond donors (Lipinski definition) is 1. The molecular formula is C19H27N3O3. The van der Waals surface area contributed by atoms with Gasteiger partial charge in [0.15, 0.2) is 0 Å². The van der Waals surface area contributed by atoms with E-state index in [1.54, 1.807) is 4.90 Å². The molecule has 0 saturated carbocycles. The molecule has 2 amide bonds. The Hall–Kier alpha value is -1.92. The number of morpholine rings is 1. The maximum absolute atomic E-state index is 13.4. The Kier molecular flexibility index (Phi) is 6.04. The minimum absolute atomic E-state index is 0.0295. The molecule has 2 aliphatic rings. The maximum atomic E-state index is 13.4. The smallest absolute Gasteiger partial charge is 0.245 e. The van der Waals surface area contributed by atoms with E-state index in [4.69, 9.17) is 4.74 Å². The molecule has 2 aliphatic heterocycles. The van der Waals surface area contributed by atoms with Crippen LogP contribution in [0.25, 0.3) is 0 Å². The van der Waals surface area contributed by atoms with Crippen molar-refractivity contribution in [2.45, 2.75) is 31.8 Å². The summed E-state index contributed by atoms with van der Waals surface area (Å²) in [6.07, 6.45) is 1.61. The van der Waals surface area contributed by atoms with Gasteiger partial charge in [0.1, 0.15) is 12.1 Å². The third-order valence-electron chi connectivity index (χ3n) is 4.95. The summed E-state index contributed by atoms with van der Waals surface area (Å²) in [5.74, 6) is -0.0102. The highest BCUT2D eigenvalue weighted by atomic mass is 16.5. The van der Waals surface area contributed by atoms with Crippen LogP contribution in [-0.4, -0.2) is 67.0 Å². The Bertz CT molecular complexity index is 587.